The van der Waals surface area contributed by atoms with Gasteiger partial charge in [-0.2, -0.15) is 0 Å². The topological polar surface area (TPSA) is 69.9 Å². The molecule has 1 aliphatic rings. The normalized spacial score (nSPS) is 15.8. The number of nitrogens with zero attached hydrogens (tertiary/aromatic N) is 2. The first kappa shape index (κ1) is 25.1. The van der Waals surface area contributed by atoms with Crippen molar-refractivity contribution in [2.75, 3.05) is 13.7 Å². The molecule has 0 fully saturated rings. The SMILES string of the molecule is CCCC1=C(C(=O)OCC)[C@H](c2ccc(OC)c(Br)c2)n2c(s/c(=C/c3ccc(Br)s3)c2=O)=N1. The number of benzene rings is 1. The van der Waals surface area contributed by atoms with Gasteiger partial charge in [0.25, 0.3) is 5.56 Å². The molecule has 3 heterocycles. The fourth-order valence-corrected chi connectivity index (χ4v) is 6.83. The van der Waals surface area contributed by atoms with Crippen molar-refractivity contribution >= 4 is 66.6 Å². The van der Waals surface area contributed by atoms with E-state index in [1.165, 1.54) is 11.3 Å². The van der Waals surface area contributed by atoms with Crippen LogP contribution in [0.5, 0.6) is 5.75 Å². The van der Waals surface area contributed by atoms with Crippen LogP contribution in [-0.4, -0.2) is 24.3 Å². The number of fused-ring (bicyclic) bond motifs is 1. The van der Waals surface area contributed by atoms with Crippen LogP contribution in [0.15, 0.2) is 59.6 Å². The van der Waals surface area contributed by atoms with Crippen molar-refractivity contribution < 1.29 is 14.3 Å². The number of aromatic nitrogens is 1. The second-order valence-electron chi connectivity index (χ2n) is 7.45. The van der Waals surface area contributed by atoms with E-state index in [9.17, 15) is 9.59 Å². The van der Waals surface area contributed by atoms with Crippen LogP contribution in [0.4, 0.5) is 0 Å². The van der Waals surface area contributed by atoms with Crippen LogP contribution >= 0.6 is 54.5 Å². The molecule has 0 saturated heterocycles. The van der Waals surface area contributed by atoms with Crippen LogP contribution in [0, 0.1) is 0 Å². The summed E-state index contributed by atoms with van der Waals surface area (Å²) in [6, 6.07) is 8.82. The lowest BCUT2D eigenvalue weighted by Gasteiger charge is -2.26. The molecule has 6 nitrogen and oxygen atoms in total. The first-order chi connectivity index (χ1) is 16.4. The molecule has 0 bridgehead atoms. The number of hydrogen-bond acceptors (Lipinski definition) is 7. The second-order valence-corrected chi connectivity index (χ2v) is 11.8. The van der Waals surface area contributed by atoms with Crippen LogP contribution in [0.2, 0.25) is 0 Å². The van der Waals surface area contributed by atoms with E-state index in [2.05, 4.69) is 31.9 Å². The van der Waals surface area contributed by atoms with Crippen LogP contribution < -0.4 is 19.6 Å². The quantitative estimate of drug-likeness (QED) is 0.340. The molecule has 1 aliphatic heterocycles. The van der Waals surface area contributed by atoms with E-state index >= 15 is 0 Å². The third-order valence-corrected chi connectivity index (χ3v) is 8.42. The molecule has 0 spiro atoms. The molecule has 1 atom stereocenters. The van der Waals surface area contributed by atoms with Crippen molar-refractivity contribution in [3.8, 4) is 5.75 Å². The molecule has 0 unspecified atom stereocenters. The summed E-state index contributed by atoms with van der Waals surface area (Å²) in [6.45, 7) is 4.04. The van der Waals surface area contributed by atoms with Gasteiger partial charge in [-0.15, -0.1) is 11.3 Å². The van der Waals surface area contributed by atoms with Gasteiger partial charge >= 0.3 is 5.97 Å². The van der Waals surface area contributed by atoms with E-state index in [0.29, 0.717) is 32.8 Å². The van der Waals surface area contributed by atoms with Gasteiger partial charge in [-0.1, -0.05) is 30.7 Å². The number of allylic oxidation sites excluding steroid dienone is 1. The average molecular weight is 626 g/mol. The van der Waals surface area contributed by atoms with E-state index in [0.717, 1.165) is 25.1 Å². The zero-order valence-electron chi connectivity index (χ0n) is 18.8. The lowest BCUT2D eigenvalue weighted by molar-refractivity contribution is -0.139. The molecule has 0 amide bonds. The molecule has 10 heteroatoms. The first-order valence-electron chi connectivity index (χ1n) is 10.7. The highest BCUT2D eigenvalue weighted by Gasteiger charge is 2.34. The Balaban J connectivity index is 2.00. The summed E-state index contributed by atoms with van der Waals surface area (Å²) < 4.78 is 14.7. The summed E-state index contributed by atoms with van der Waals surface area (Å²) in [4.78, 5) is 33.2. The Labute approximate surface area is 221 Å². The van der Waals surface area contributed by atoms with Crippen molar-refractivity contribution in [2.45, 2.75) is 32.7 Å². The van der Waals surface area contributed by atoms with Crippen molar-refractivity contribution in [3.63, 3.8) is 0 Å². The van der Waals surface area contributed by atoms with Gasteiger partial charge in [0.15, 0.2) is 4.80 Å². The van der Waals surface area contributed by atoms with Gasteiger partial charge < -0.3 is 9.47 Å². The lowest BCUT2D eigenvalue weighted by atomic mass is 9.94. The Kier molecular flexibility index (Phi) is 7.91. The summed E-state index contributed by atoms with van der Waals surface area (Å²) >= 11 is 9.89. The number of carbonyl (C=O) groups excluding carboxylic acids is 1. The van der Waals surface area contributed by atoms with Crippen molar-refractivity contribution in [1.82, 2.24) is 4.57 Å². The number of esters is 1. The van der Waals surface area contributed by atoms with Crippen LogP contribution in [0.3, 0.4) is 0 Å². The molecule has 178 valence electrons. The molecular formula is C24H22Br2N2O4S2. The molecule has 0 saturated carbocycles. The molecule has 34 heavy (non-hydrogen) atoms. The van der Waals surface area contributed by atoms with Crippen molar-refractivity contribution in [2.24, 2.45) is 4.99 Å². The minimum Gasteiger partial charge on any atom is -0.496 e. The molecule has 3 aromatic rings. The maximum atomic E-state index is 13.7. The molecule has 0 radical (unpaired) electrons. The van der Waals surface area contributed by atoms with Crippen LogP contribution in [0.1, 0.15) is 43.2 Å². The third kappa shape index (κ3) is 4.86. The minimum absolute atomic E-state index is 0.192. The fourth-order valence-electron chi connectivity index (χ4n) is 3.82. The number of methoxy groups -OCH3 is 1. The molecule has 0 aliphatic carbocycles. The number of halogens is 2. The van der Waals surface area contributed by atoms with E-state index in [1.807, 2.05) is 43.3 Å². The van der Waals surface area contributed by atoms with Gasteiger partial charge in [0.05, 0.1) is 43.8 Å². The monoisotopic (exact) mass is 624 g/mol. The predicted molar refractivity (Wildman–Crippen MR) is 142 cm³/mol. The van der Waals surface area contributed by atoms with Gasteiger partial charge in [-0.3, -0.25) is 9.36 Å². The summed E-state index contributed by atoms with van der Waals surface area (Å²) in [5.41, 5.74) is 1.64. The van der Waals surface area contributed by atoms with E-state index in [1.54, 1.807) is 29.9 Å². The predicted octanol–water partition coefficient (Wildman–Crippen LogP) is 5.17. The molecule has 0 N–H and O–H groups in total. The van der Waals surface area contributed by atoms with E-state index in [4.69, 9.17) is 14.5 Å². The summed E-state index contributed by atoms with van der Waals surface area (Å²) in [5.74, 6) is 0.206. The number of carbonyl (C=O) groups is 1. The highest BCUT2D eigenvalue weighted by molar-refractivity contribution is 9.11. The maximum Gasteiger partial charge on any atom is 0.338 e. The molecule has 2 aromatic heterocycles. The minimum atomic E-state index is -0.656. The number of rotatable bonds is 7. The highest BCUT2D eigenvalue weighted by atomic mass is 79.9. The zero-order chi connectivity index (χ0) is 24.4. The number of ether oxygens (including phenoxy) is 2. The Morgan fingerprint density at radius 2 is 2.00 bits per heavy atom. The second kappa shape index (κ2) is 10.7. The Morgan fingerprint density at radius 3 is 2.62 bits per heavy atom. The first-order valence-corrected chi connectivity index (χ1v) is 13.9. The average Bonchev–Trinajstić information content (AvgIpc) is 3.35. The number of thiazole rings is 1. The summed E-state index contributed by atoms with van der Waals surface area (Å²) in [6.07, 6.45) is 3.28. The van der Waals surface area contributed by atoms with Crippen LogP contribution in [0.25, 0.3) is 6.08 Å². The van der Waals surface area contributed by atoms with Gasteiger partial charge in [0.1, 0.15) is 5.75 Å². The van der Waals surface area contributed by atoms with Gasteiger partial charge in [0.2, 0.25) is 0 Å². The highest BCUT2D eigenvalue weighted by Crippen LogP contribution is 2.36. The Hall–Kier alpha value is -2.01. The van der Waals surface area contributed by atoms with Gasteiger partial charge in [0, 0.05) is 4.88 Å². The van der Waals surface area contributed by atoms with E-state index < -0.39 is 12.0 Å². The van der Waals surface area contributed by atoms with Crippen molar-refractivity contribution in [3.05, 3.63) is 80.0 Å². The van der Waals surface area contributed by atoms with E-state index in [-0.39, 0.29) is 12.2 Å². The third-order valence-electron chi connectivity index (χ3n) is 5.25. The zero-order valence-corrected chi connectivity index (χ0v) is 23.6. The van der Waals surface area contributed by atoms with Gasteiger partial charge in [-0.05, 0) is 81.1 Å². The number of hydrogen-bond donors (Lipinski definition) is 0. The van der Waals surface area contributed by atoms with Gasteiger partial charge in [-0.25, -0.2) is 9.79 Å². The maximum absolute atomic E-state index is 13.7. The molecular weight excluding hydrogens is 604 g/mol. The largest absolute Gasteiger partial charge is 0.496 e. The summed E-state index contributed by atoms with van der Waals surface area (Å²) in [5, 5.41) is 0. The van der Waals surface area contributed by atoms with Crippen molar-refractivity contribution in [1.29, 1.82) is 0 Å². The lowest BCUT2D eigenvalue weighted by Crippen LogP contribution is -2.40. The van der Waals surface area contributed by atoms with Crippen LogP contribution in [-0.2, 0) is 9.53 Å². The smallest absolute Gasteiger partial charge is 0.338 e. The molecule has 4 rings (SSSR count). The standard InChI is InChI=1S/C24H22Br2N2O4S2/c1-4-6-16-20(23(30)32-5-2)21(13-7-9-17(31-3)15(25)11-13)28-22(29)18(34-24(28)27-16)12-14-8-10-19(26)33-14/h7-12,21H,4-6H2,1-3H3/b18-12+/t21-/m0/s1. The Morgan fingerprint density at radius 1 is 1.21 bits per heavy atom. The molecule has 1 aromatic carbocycles. The Bertz CT molecular complexity index is 1450. The summed E-state index contributed by atoms with van der Waals surface area (Å²) in [7, 11) is 1.59. The number of thiophene rings is 1. The fraction of sp³-hybridized carbons (Fsp3) is 0.292.